The lowest BCUT2D eigenvalue weighted by atomic mass is 10.1. The molecule has 1 aromatic heterocycles. The van der Waals surface area contributed by atoms with E-state index in [1.54, 1.807) is 48.5 Å². The van der Waals surface area contributed by atoms with Crippen molar-refractivity contribution in [3.8, 4) is 17.2 Å². The minimum absolute atomic E-state index is 0.203. The molecule has 0 spiro atoms. The summed E-state index contributed by atoms with van der Waals surface area (Å²) in [6.45, 7) is 0. The van der Waals surface area contributed by atoms with Crippen LogP contribution in [0, 0.1) is 0 Å². The smallest absolute Gasteiger partial charge is 0.291 e. The lowest BCUT2D eigenvalue weighted by Gasteiger charge is -2.14. The molecule has 0 aliphatic carbocycles. The Balaban J connectivity index is 1.72. The van der Waals surface area contributed by atoms with Gasteiger partial charge in [-0.25, -0.2) is 0 Å². The molecule has 29 heavy (non-hydrogen) atoms. The van der Waals surface area contributed by atoms with Gasteiger partial charge in [-0.1, -0.05) is 0 Å². The van der Waals surface area contributed by atoms with Crippen LogP contribution >= 0.6 is 0 Å². The Morgan fingerprint density at radius 3 is 1.93 bits per heavy atom. The number of nitrogens with one attached hydrogen (secondary N) is 2. The molecular formula is C21H20N2O6. The molecule has 0 saturated heterocycles. The van der Waals surface area contributed by atoms with Gasteiger partial charge in [-0.2, -0.15) is 0 Å². The Kier molecular flexibility index (Phi) is 6.03. The van der Waals surface area contributed by atoms with Gasteiger partial charge < -0.3 is 29.3 Å². The molecule has 150 valence electrons. The van der Waals surface area contributed by atoms with E-state index in [2.05, 4.69) is 10.6 Å². The average Bonchev–Trinajstić information content (AvgIpc) is 3.28. The molecule has 0 saturated carbocycles. The quantitative estimate of drug-likeness (QED) is 0.630. The monoisotopic (exact) mass is 396 g/mol. The zero-order valence-electron chi connectivity index (χ0n) is 16.1. The number of furan rings is 1. The maximum Gasteiger partial charge on any atom is 0.291 e. The number of rotatable bonds is 7. The highest BCUT2D eigenvalue weighted by atomic mass is 16.5. The first-order valence-corrected chi connectivity index (χ1v) is 8.62. The predicted octanol–water partition coefficient (Wildman–Crippen LogP) is 3.81. The highest BCUT2D eigenvalue weighted by molar-refractivity contribution is 6.05. The van der Waals surface area contributed by atoms with Gasteiger partial charge in [-0.05, 0) is 36.4 Å². The second kappa shape index (κ2) is 8.83. The molecule has 2 amide bonds. The molecule has 0 radical (unpaired) electrons. The molecule has 0 aliphatic rings. The van der Waals surface area contributed by atoms with Crippen molar-refractivity contribution >= 4 is 23.2 Å². The molecule has 0 fully saturated rings. The highest BCUT2D eigenvalue weighted by Crippen LogP contribution is 2.40. The van der Waals surface area contributed by atoms with Gasteiger partial charge >= 0.3 is 0 Å². The molecule has 0 aliphatic heterocycles. The Morgan fingerprint density at radius 1 is 0.793 bits per heavy atom. The Labute approximate surface area is 167 Å². The van der Waals surface area contributed by atoms with Crippen molar-refractivity contribution in [2.24, 2.45) is 0 Å². The topological polar surface area (TPSA) is 99.0 Å². The molecule has 8 heteroatoms. The molecule has 0 bridgehead atoms. The van der Waals surface area contributed by atoms with Gasteiger partial charge in [0, 0.05) is 29.1 Å². The minimum Gasteiger partial charge on any atom is -0.493 e. The highest BCUT2D eigenvalue weighted by Gasteiger charge is 2.15. The molecule has 0 unspecified atom stereocenters. The van der Waals surface area contributed by atoms with Crippen molar-refractivity contribution in [3.63, 3.8) is 0 Å². The lowest BCUT2D eigenvalue weighted by Crippen LogP contribution is -2.13. The first kappa shape index (κ1) is 19.8. The second-order valence-electron chi connectivity index (χ2n) is 5.88. The summed E-state index contributed by atoms with van der Waals surface area (Å²) in [5.41, 5.74) is 1.44. The minimum atomic E-state index is -0.371. The van der Waals surface area contributed by atoms with Gasteiger partial charge in [-0.15, -0.1) is 0 Å². The van der Waals surface area contributed by atoms with E-state index in [-0.39, 0.29) is 17.6 Å². The second-order valence-corrected chi connectivity index (χ2v) is 5.88. The van der Waals surface area contributed by atoms with E-state index in [0.29, 0.717) is 34.2 Å². The summed E-state index contributed by atoms with van der Waals surface area (Å²) in [5.74, 6) is 0.794. The number of carbonyl (C=O) groups excluding carboxylic acids is 2. The molecule has 3 rings (SSSR count). The first-order chi connectivity index (χ1) is 14.0. The number of benzene rings is 2. The third-order valence-corrected chi connectivity index (χ3v) is 4.07. The maximum absolute atomic E-state index is 12.6. The fraction of sp³-hybridized carbons (Fsp3) is 0.143. The number of ether oxygens (including phenoxy) is 3. The van der Waals surface area contributed by atoms with Crippen molar-refractivity contribution < 1.29 is 28.2 Å². The van der Waals surface area contributed by atoms with E-state index in [0.717, 1.165) is 0 Å². The predicted molar refractivity (Wildman–Crippen MR) is 107 cm³/mol. The van der Waals surface area contributed by atoms with Crippen LogP contribution in [0.3, 0.4) is 0 Å². The Morgan fingerprint density at radius 2 is 1.41 bits per heavy atom. The zero-order valence-corrected chi connectivity index (χ0v) is 16.1. The summed E-state index contributed by atoms with van der Waals surface area (Å²) in [7, 11) is 4.50. The van der Waals surface area contributed by atoms with Crippen LogP contribution in [0.5, 0.6) is 17.2 Å². The van der Waals surface area contributed by atoms with E-state index >= 15 is 0 Å². The van der Waals surface area contributed by atoms with Gasteiger partial charge in [0.25, 0.3) is 11.8 Å². The number of carbonyl (C=O) groups is 2. The summed E-state index contributed by atoms with van der Waals surface area (Å²) in [6.07, 6.45) is 1.42. The van der Waals surface area contributed by atoms with Crippen molar-refractivity contribution in [1.82, 2.24) is 0 Å². The lowest BCUT2D eigenvalue weighted by molar-refractivity contribution is 0.0995. The SMILES string of the molecule is COc1cc(NC(=O)c2ccc(NC(=O)c3ccco3)cc2)cc(OC)c1OC. The summed E-state index contributed by atoms with van der Waals surface area (Å²) in [5, 5.41) is 5.48. The van der Waals surface area contributed by atoms with E-state index in [1.807, 2.05) is 0 Å². The molecule has 2 N–H and O–H groups in total. The van der Waals surface area contributed by atoms with Crippen LogP contribution in [0.15, 0.2) is 59.2 Å². The van der Waals surface area contributed by atoms with Crippen LogP contribution < -0.4 is 24.8 Å². The summed E-state index contributed by atoms with van der Waals surface area (Å²) in [6, 6.07) is 12.9. The van der Waals surface area contributed by atoms with Crippen LogP contribution in [0.25, 0.3) is 0 Å². The van der Waals surface area contributed by atoms with Crippen LogP contribution in [-0.2, 0) is 0 Å². The van der Waals surface area contributed by atoms with E-state index in [9.17, 15) is 9.59 Å². The van der Waals surface area contributed by atoms with Crippen LogP contribution in [0.4, 0.5) is 11.4 Å². The van der Waals surface area contributed by atoms with Crippen molar-refractivity contribution in [2.45, 2.75) is 0 Å². The van der Waals surface area contributed by atoms with Crippen molar-refractivity contribution in [1.29, 1.82) is 0 Å². The van der Waals surface area contributed by atoms with Gasteiger partial charge in [0.1, 0.15) is 0 Å². The molecule has 8 nitrogen and oxygen atoms in total. The fourth-order valence-electron chi connectivity index (χ4n) is 2.66. The van der Waals surface area contributed by atoms with Gasteiger partial charge in [0.15, 0.2) is 17.3 Å². The number of anilines is 2. The van der Waals surface area contributed by atoms with E-state index in [1.165, 1.54) is 27.6 Å². The Bertz CT molecular complexity index is 972. The third-order valence-electron chi connectivity index (χ3n) is 4.07. The Hall–Kier alpha value is -3.94. The number of hydrogen-bond acceptors (Lipinski definition) is 6. The van der Waals surface area contributed by atoms with Gasteiger partial charge in [0.05, 0.1) is 27.6 Å². The van der Waals surface area contributed by atoms with E-state index in [4.69, 9.17) is 18.6 Å². The van der Waals surface area contributed by atoms with Gasteiger partial charge in [0.2, 0.25) is 5.75 Å². The summed E-state index contributed by atoms with van der Waals surface area (Å²) in [4.78, 5) is 24.6. The molecule has 2 aromatic carbocycles. The standard InChI is InChI=1S/C21H20N2O6/c1-26-17-11-15(12-18(27-2)19(17)28-3)23-20(24)13-6-8-14(9-7-13)22-21(25)16-5-4-10-29-16/h4-12H,1-3H3,(H,22,25)(H,23,24). The van der Waals surface area contributed by atoms with Crippen LogP contribution in [-0.4, -0.2) is 33.1 Å². The normalized spacial score (nSPS) is 10.2. The van der Waals surface area contributed by atoms with Gasteiger partial charge in [-0.3, -0.25) is 9.59 Å². The van der Waals surface area contributed by atoms with Crippen molar-refractivity contribution in [3.05, 3.63) is 66.1 Å². The summed E-state index contributed by atoms with van der Waals surface area (Å²) < 4.78 is 20.9. The van der Waals surface area contributed by atoms with E-state index < -0.39 is 0 Å². The molecule has 1 heterocycles. The largest absolute Gasteiger partial charge is 0.493 e. The molecule has 0 atom stereocenters. The molecule has 3 aromatic rings. The van der Waals surface area contributed by atoms with Crippen molar-refractivity contribution in [2.75, 3.05) is 32.0 Å². The van der Waals surface area contributed by atoms with Crippen LogP contribution in [0.2, 0.25) is 0 Å². The zero-order chi connectivity index (χ0) is 20.8. The summed E-state index contributed by atoms with van der Waals surface area (Å²) >= 11 is 0. The first-order valence-electron chi connectivity index (χ1n) is 8.62. The number of hydrogen-bond donors (Lipinski definition) is 2. The number of amides is 2. The fourth-order valence-corrected chi connectivity index (χ4v) is 2.66. The molecular weight excluding hydrogens is 376 g/mol. The third kappa shape index (κ3) is 4.49. The average molecular weight is 396 g/mol. The maximum atomic E-state index is 12.6. The number of methoxy groups -OCH3 is 3. The van der Waals surface area contributed by atoms with Crippen LogP contribution in [0.1, 0.15) is 20.9 Å².